The number of benzene rings is 1. The first-order valence-electron chi connectivity index (χ1n) is 6.69. The van der Waals surface area contributed by atoms with Crippen molar-refractivity contribution >= 4 is 11.6 Å². The number of aliphatic hydroxyl groups is 1. The molecule has 114 valence electrons. The van der Waals surface area contributed by atoms with Gasteiger partial charge < -0.3 is 19.7 Å². The zero-order valence-electron chi connectivity index (χ0n) is 11.9. The van der Waals surface area contributed by atoms with E-state index in [1.54, 1.807) is 6.33 Å². The zero-order chi connectivity index (χ0) is 15.1. The fourth-order valence-corrected chi connectivity index (χ4v) is 1.99. The molecule has 0 saturated carbocycles. The molecule has 1 aromatic heterocycles. The topological polar surface area (TPSA) is 72.2 Å². The minimum Gasteiger partial charge on any atom is -0.389 e. The molecule has 0 bridgehead atoms. The first-order valence-corrected chi connectivity index (χ1v) is 7.07. The maximum Gasteiger partial charge on any atom is 0.146 e. The number of halogens is 1. The molecule has 1 heterocycles. The van der Waals surface area contributed by atoms with Gasteiger partial charge in [-0.25, -0.2) is 0 Å². The summed E-state index contributed by atoms with van der Waals surface area (Å²) >= 11 is 6.03. The molecule has 0 saturated heterocycles. The van der Waals surface area contributed by atoms with Crippen molar-refractivity contribution in [1.82, 2.24) is 20.1 Å². The van der Waals surface area contributed by atoms with E-state index >= 15 is 0 Å². The summed E-state index contributed by atoms with van der Waals surface area (Å²) in [6, 6.07) is 7.50. The fraction of sp³-hybridized carbons (Fsp3) is 0.429. The largest absolute Gasteiger partial charge is 0.389 e. The molecule has 0 amide bonds. The number of aryl methyl sites for hydroxylation is 1. The van der Waals surface area contributed by atoms with Crippen LogP contribution in [0.15, 0.2) is 30.6 Å². The summed E-state index contributed by atoms with van der Waals surface area (Å²) in [5.74, 6) is 0.819. The van der Waals surface area contributed by atoms with E-state index in [4.69, 9.17) is 16.3 Å². The number of aromatic nitrogens is 3. The van der Waals surface area contributed by atoms with Gasteiger partial charge in [0.15, 0.2) is 0 Å². The summed E-state index contributed by atoms with van der Waals surface area (Å²) < 4.78 is 7.29. The van der Waals surface area contributed by atoms with E-state index in [1.807, 2.05) is 35.9 Å². The maximum absolute atomic E-state index is 9.83. The average Bonchev–Trinajstić information content (AvgIpc) is 2.87. The van der Waals surface area contributed by atoms with Crippen LogP contribution in [0.4, 0.5) is 0 Å². The Bertz CT molecular complexity index is 561. The molecule has 0 radical (unpaired) electrons. The predicted octanol–water partition coefficient (Wildman–Crippen LogP) is 1.14. The van der Waals surface area contributed by atoms with Crippen molar-refractivity contribution < 1.29 is 9.84 Å². The van der Waals surface area contributed by atoms with Crippen molar-refractivity contribution in [3.05, 3.63) is 47.0 Å². The molecule has 2 rings (SSSR count). The first-order chi connectivity index (χ1) is 10.2. The van der Waals surface area contributed by atoms with Crippen LogP contribution in [0.3, 0.4) is 0 Å². The van der Waals surface area contributed by atoms with E-state index in [0.717, 1.165) is 11.4 Å². The Hall–Kier alpha value is -1.47. The van der Waals surface area contributed by atoms with Crippen LogP contribution in [0.1, 0.15) is 11.4 Å². The molecule has 1 unspecified atom stereocenters. The van der Waals surface area contributed by atoms with E-state index in [1.165, 1.54) is 0 Å². The SMILES string of the molecule is Cn1cnnc1CNCC(O)COCc1ccccc1Cl. The molecule has 1 atom stereocenters. The third kappa shape index (κ3) is 5.09. The molecular weight excluding hydrogens is 292 g/mol. The Morgan fingerprint density at radius 2 is 2.24 bits per heavy atom. The number of hydrogen-bond acceptors (Lipinski definition) is 5. The molecule has 6 nitrogen and oxygen atoms in total. The lowest BCUT2D eigenvalue weighted by Gasteiger charge is -2.12. The highest BCUT2D eigenvalue weighted by molar-refractivity contribution is 6.31. The third-order valence-electron chi connectivity index (χ3n) is 2.99. The van der Waals surface area contributed by atoms with Gasteiger partial charge in [-0.2, -0.15) is 0 Å². The fourth-order valence-electron chi connectivity index (χ4n) is 1.80. The highest BCUT2D eigenvalue weighted by atomic mass is 35.5. The minimum atomic E-state index is -0.583. The zero-order valence-corrected chi connectivity index (χ0v) is 12.6. The van der Waals surface area contributed by atoms with Crippen LogP contribution < -0.4 is 5.32 Å². The monoisotopic (exact) mass is 310 g/mol. The van der Waals surface area contributed by atoms with Crippen LogP contribution >= 0.6 is 11.6 Å². The molecule has 2 aromatic rings. The number of ether oxygens (including phenoxy) is 1. The van der Waals surface area contributed by atoms with E-state index in [0.29, 0.717) is 24.7 Å². The summed E-state index contributed by atoms with van der Waals surface area (Å²) in [7, 11) is 1.88. The van der Waals surface area contributed by atoms with Gasteiger partial charge >= 0.3 is 0 Å². The lowest BCUT2D eigenvalue weighted by Crippen LogP contribution is -2.30. The van der Waals surface area contributed by atoms with E-state index < -0.39 is 6.10 Å². The summed E-state index contributed by atoms with van der Waals surface area (Å²) in [4.78, 5) is 0. The Morgan fingerprint density at radius 3 is 2.95 bits per heavy atom. The first kappa shape index (κ1) is 15.9. The van der Waals surface area contributed by atoms with Crippen molar-refractivity contribution in [2.45, 2.75) is 19.3 Å². The van der Waals surface area contributed by atoms with Crippen molar-refractivity contribution in [2.75, 3.05) is 13.2 Å². The van der Waals surface area contributed by atoms with Gasteiger partial charge in [0, 0.05) is 18.6 Å². The van der Waals surface area contributed by atoms with E-state index in [-0.39, 0.29) is 6.61 Å². The van der Waals surface area contributed by atoms with Gasteiger partial charge in [-0.15, -0.1) is 10.2 Å². The van der Waals surface area contributed by atoms with Crippen LogP contribution in [0.5, 0.6) is 0 Å². The molecule has 0 aliphatic carbocycles. The van der Waals surface area contributed by atoms with Crippen LogP contribution in [0.25, 0.3) is 0 Å². The van der Waals surface area contributed by atoms with Gasteiger partial charge in [0.1, 0.15) is 12.2 Å². The highest BCUT2D eigenvalue weighted by Crippen LogP contribution is 2.15. The van der Waals surface area contributed by atoms with Crippen LogP contribution in [0.2, 0.25) is 5.02 Å². The summed E-state index contributed by atoms with van der Waals surface area (Å²) in [5, 5.41) is 21.3. The van der Waals surface area contributed by atoms with Crippen LogP contribution in [-0.2, 0) is 24.9 Å². The second kappa shape index (κ2) is 8.09. The summed E-state index contributed by atoms with van der Waals surface area (Å²) in [6.45, 7) is 1.62. The quantitative estimate of drug-likeness (QED) is 0.765. The van der Waals surface area contributed by atoms with Gasteiger partial charge in [0.25, 0.3) is 0 Å². The second-order valence-corrected chi connectivity index (χ2v) is 5.16. The number of aliphatic hydroxyl groups excluding tert-OH is 1. The average molecular weight is 311 g/mol. The van der Waals surface area contributed by atoms with Gasteiger partial charge in [-0.1, -0.05) is 29.8 Å². The number of rotatable bonds is 8. The molecule has 21 heavy (non-hydrogen) atoms. The molecule has 0 spiro atoms. The van der Waals surface area contributed by atoms with E-state index in [9.17, 15) is 5.11 Å². The van der Waals surface area contributed by atoms with Crippen molar-refractivity contribution in [2.24, 2.45) is 7.05 Å². The summed E-state index contributed by atoms with van der Waals surface area (Å²) in [6.07, 6.45) is 1.06. The molecule has 2 N–H and O–H groups in total. The van der Waals surface area contributed by atoms with Crippen LogP contribution in [-0.4, -0.2) is 39.1 Å². The molecule has 7 heteroatoms. The highest BCUT2D eigenvalue weighted by Gasteiger charge is 2.06. The van der Waals surface area contributed by atoms with Gasteiger partial charge in [-0.05, 0) is 11.6 Å². The second-order valence-electron chi connectivity index (χ2n) is 4.75. The number of nitrogens with one attached hydrogen (secondary N) is 1. The Kier molecular flexibility index (Phi) is 6.13. The van der Waals surface area contributed by atoms with Gasteiger partial charge in [0.2, 0.25) is 0 Å². The Labute approximate surface area is 128 Å². The van der Waals surface area contributed by atoms with Crippen LogP contribution in [0, 0.1) is 0 Å². The maximum atomic E-state index is 9.83. The van der Waals surface area contributed by atoms with Crippen molar-refractivity contribution in [1.29, 1.82) is 0 Å². The molecule has 0 fully saturated rings. The number of nitrogens with zero attached hydrogens (tertiary/aromatic N) is 3. The lowest BCUT2D eigenvalue weighted by molar-refractivity contribution is 0.0287. The standard InChI is InChI=1S/C14H19ClN4O2/c1-19-10-17-18-14(19)7-16-6-12(20)9-21-8-11-4-2-3-5-13(11)15/h2-5,10,12,16,20H,6-9H2,1H3. The predicted molar refractivity (Wildman–Crippen MR) is 79.8 cm³/mol. The summed E-state index contributed by atoms with van der Waals surface area (Å²) in [5.41, 5.74) is 0.915. The lowest BCUT2D eigenvalue weighted by atomic mass is 10.2. The van der Waals surface area contributed by atoms with Crippen molar-refractivity contribution in [3.63, 3.8) is 0 Å². The minimum absolute atomic E-state index is 0.247. The molecule has 0 aliphatic rings. The van der Waals surface area contributed by atoms with Gasteiger partial charge in [-0.3, -0.25) is 0 Å². The number of hydrogen-bond donors (Lipinski definition) is 2. The molecule has 0 aliphatic heterocycles. The Balaban J connectivity index is 1.63. The van der Waals surface area contributed by atoms with Crippen molar-refractivity contribution in [3.8, 4) is 0 Å². The molecular formula is C14H19ClN4O2. The Morgan fingerprint density at radius 1 is 1.43 bits per heavy atom. The van der Waals surface area contributed by atoms with Gasteiger partial charge in [0.05, 0.1) is 25.9 Å². The smallest absolute Gasteiger partial charge is 0.146 e. The third-order valence-corrected chi connectivity index (χ3v) is 3.36. The molecule has 1 aromatic carbocycles. The normalized spacial score (nSPS) is 12.5. The van der Waals surface area contributed by atoms with E-state index in [2.05, 4.69) is 15.5 Å².